The Balaban J connectivity index is 1.85. The quantitative estimate of drug-likeness (QED) is 0.0321. The predicted octanol–water partition coefficient (Wildman–Crippen LogP) is 21.8. The smallest absolute Gasteiger partial charge is 0.195 e. The predicted molar refractivity (Wildman–Crippen MR) is 394 cm³/mol. The molecule has 0 fully saturated rings. The number of hydrogen-bond acceptors (Lipinski definition) is 10. The third-order valence-corrected chi connectivity index (χ3v) is 40.1. The average Bonchev–Trinajstić information content (AvgIpc) is 2.02. The van der Waals surface area contributed by atoms with Crippen molar-refractivity contribution in [1.82, 2.24) is 4.98 Å². The van der Waals surface area contributed by atoms with Crippen LogP contribution in [0.15, 0.2) is 101 Å². The van der Waals surface area contributed by atoms with Crippen molar-refractivity contribution in [1.29, 1.82) is 0 Å². The lowest BCUT2D eigenvalue weighted by Gasteiger charge is -2.46. The summed E-state index contributed by atoms with van der Waals surface area (Å²) in [7, 11) is -11.4. The number of aryl methyl sites for hydroxylation is 1. The maximum Gasteiger partial charge on any atom is 0.195 e. The second-order valence-electron chi connectivity index (χ2n) is 32.4. The second-order valence-corrected chi connectivity index (χ2v) is 60.4. The van der Waals surface area contributed by atoms with Crippen LogP contribution in [0.4, 0.5) is 0 Å². The molecule has 9 atom stereocenters. The first-order valence-electron chi connectivity index (χ1n) is 34.0. The zero-order chi connectivity index (χ0) is 67.2. The van der Waals surface area contributed by atoms with Gasteiger partial charge in [-0.05, 0) is 149 Å². The van der Waals surface area contributed by atoms with Crippen molar-refractivity contribution in [2.24, 2.45) is 17.8 Å². The van der Waals surface area contributed by atoms with Gasteiger partial charge in [-0.15, -0.1) is 0 Å². The largest absolute Gasteiger partial charge is 0.497 e. The summed E-state index contributed by atoms with van der Waals surface area (Å²) >= 11 is 0. The number of aromatic nitrogens is 1. The molecule has 0 unspecified atom stereocenters. The Hall–Kier alpha value is -2.57. The zero-order valence-electron chi connectivity index (χ0n) is 61.6. The molecule has 0 N–H and O–H groups in total. The van der Waals surface area contributed by atoms with E-state index in [1.807, 2.05) is 24.3 Å². The standard InChI is InChI=1S/C73H129NO9Si6/c1-29-89(30-2,31-3)77-53-55(4)69(76-54-58-45-47-61(75-16)48-46-58)57(6)66(83-88(27,28)73(13,14)15)52-63(80-87(25,26)72(10,11)12)51-62(79-86(23,24)71(7,8)9)43-38-44-64(81-84(17,18)19)56(5)65(82-85(20,21)22)49-50-67-74-68(59-39-34-32-35-40-59)70(78-67)60-41-36-33-37-42-60/h32-43,45-48,55-57,62-66,69H,29-31,44,49-54H2,1-28H3/b43-38+/t55-,56-,57-,62+,63-,64-,65+,66+,69+/m0/s1. The molecule has 0 saturated heterocycles. The first-order valence-corrected chi connectivity index (χ1v) is 52.1. The molecule has 3 aromatic carbocycles. The topological polar surface area (TPSA) is 99.9 Å². The lowest BCUT2D eigenvalue weighted by atomic mass is 9.86. The van der Waals surface area contributed by atoms with E-state index in [1.54, 1.807) is 7.11 Å². The lowest BCUT2D eigenvalue weighted by Crippen LogP contribution is -2.52. The summed E-state index contributed by atoms with van der Waals surface area (Å²) in [6.45, 7) is 64.6. The van der Waals surface area contributed by atoms with Gasteiger partial charge in [-0.2, -0.15) is 0 Å². The normalized spacial score (nSPS) is 16.9. The van der Waals surface area contributed by atoms with E-state index in [0.717, 1.165) is 70.8 Å². The molecule has 504 valence electrons. The molecule has 4 aromatic rings. The fraction of sp³-hybridized carbons (Fsp3) is 0.685. The highest BCUT2D eigenvalue weighted by Gasteiger charge is 2.47. The van der Waals surface area contributed by atoms with Crippen molar-refractivity contribution in [2.75, 3.05) is 13.7 Å². The summed E-state index contributed by atoms with van der Waals surface area (Å²) in [6, 6.07) is 32.3. The fourth-order valence-corrected chi connectivity index (χ4v) is 20.3. The summed E-state index contributed by atoms with van der Waals surface area (Å²) in [4.78, 5) is 5.20. The van der Waals surface area contributed by atoms with Crippen molar-refractivity contribution >= 4 is 49.9 Å². The molecule has 16 heteroatoms. The van der Waals surface area contributed by atoms with Gasteiger partial charge >= 0.3 is 0 Å². The Kier molecular flexibility index (Phi) is 29.4. The highest BCUT2D eigenvalue weighted by atomic mass is 28.4. The maximum atomic E-state index is 7.86. The van der Waals surface area contributed by atoms with E-state index in [4.69, 9.17) is 45.4 Å². The third-order valence-electron chi connectivity index (χ3n) is 19.9. The van der Waals surface area contributed by atoms with Crippen LogP contribution in [0.3, 0.4) is 0 Å². The van der Waals surface area contributed by atoms with E-state index in [0.29, 0.717) is 32.5 Å². The summed E-state index contributed by atoms with van der Waals surface area (Å²) < 4.78 is 64.6. The molecule has 0 radical (unpaired) electrons. The average molecular weight is 1330 g/mol. The van der Waals surface area contributed by atoms with Gasteiger partial charge in [0.25, 0.3) is 0 Å². The number of hydrogen-bond donors (Lipinski definition) is 0. The molecule has 10 nitrogen and oxygen atoms in total. The number of methoxy groups -OCH3 is 1. The van der Waals surface area contributed by atoms with Crippen molar-refractivity contribution < 1.29 is 40.4 Å². The summed E-state index contributed by atoms with van der Waals surface area (Å²) in [5.41, 5.74) is 4.03. The SMILES string of the molecule is CC[Si](CC)(CC)OC[C@H](C)[C@@H](OCc1ccc(OC)cc1)[C@@H](C)[C@@H](C[C@H](C[C@@H](/C=C/C[C@H](O[Si](C)(C)C)[C@H](C)[C@@H](CCc1nc(-c2ccccc2)c(-c2ccccc2)o1)O[Si](C)(C)C)O[Si](C)(C)C(C)(C)C)O[Si](C)(C)C(C)(C)C)O[Si](C)(C)C(C)(C)C. The van der Waals surface area contributed by atoms with E-state index >= 15 is 0 Å². The minimum absolute atomic E-state index is 0.00425. The van der Waals surface area contributed by atoms with Gasteiger partial charge in [-0.1, -0.05) is 189 Å². The van der Waals surface area contributed by atoms with Crippen molar-refractivity contribution in [3.63, 3.8) is 0 Å². The van der Waals surface area contributed by atoms with E-state index < -0.39 is 49.9 Å². The van der Waals surface area contributed by atoms with Gasteiger partial charge in [0.1, 0.15) is 11.4 Å². The molecule has 4 rings (SSSR count). The molecule has 0 bridgehead atoms. The molecule has 0 aliphatic heterocycles. The molecule has 1 heterocycles. The van der Waals surface area contributed by atoms with Gasteiger partial charge in [0.2, 0.25) is 0 Å². The molecule has 0 aliphatic rings. The van der Waals surface area contributed by atoms with Crippen molar-refractivity contribution in [2.45, 2.75) is 291 Å². The van der Waals surface area contributed by atoms with Crippen LogP contribution in [0.1, 0.15) is 141 Å². The summed E-state index contributed by atoms with van der Waals surface area (Å²) in [6.07, 6.45) is 7.34. The summed E-state index contributed by atoms with van der Waals surface area (Å²) in [5.74, 6) is 2.52. The van der Waals surface area contributed by atoms with E-state index in [1.165, 1.54) is 0 Å². The Morgan fingerprint density at radius 1 is 0.551 bits per heavy atom. The van der Waals surface area contributed by atoms with Crippen LogP contribution in [0, 0.1) is 17.8 Å². The van der Waals surface area contributed by atoms with Crippen LogP contribution in [0.5, 0.6) is 5.75 Å². The minimum Gasteiger partial charge on any atom is -0.497 e. The monoisotopic (exact) mass is 1330 g/mol. The number of nitrogens with zero attached hydrogens (tertiary/aromatic N) is 1. The molecule has 0 spiro atoms. The molecular formula is C73H129NO9Si6. The van der Waals surface area contributed by atoms with Gasteiger partial charge in [-0.25, -0.2) is 4.98 Å². The van der Waals surface area contributed by atoms with Crippen LogP contribution in [0.25, 0.3) is 22.6 Å². The van der Waals surface area contributed by atoms with Crippen molar-refractivity contribution in [3.8, 4) is 28.3 Å². The highest BCUT2D eigenvalue weighted by molar-refractivity contribution is 6.75. The fourth-order valence-electron chi connectivity index (χ4n) is 11.0. The molecule has 1 aromatic heterocycles. The molecule has 0 aliphatic carbocycles. The Morgan fingerprint density at radius 2 is 1.04 bits per heavy atom. The highest BCUT2D eigenvalue weighted by Crippen LogP contribution is 2.45. The Bertz CT molecular complexity index is 2630. The van der Waals surface area contributed by atoms with Crippen LogP contribution >= 0.6 is 0 Å². The van der Waals surface area contributed by atoms with Crippen LogP contribution in [-0.4, -0.2) is 105 Å². The molecule has 0 saturated carbocycles. The van der Waals surface area contributed by atoms with Gasteiger partial charge in [-0.3, -0.25) is 0 Å². The van der Waals surface area contributed by atoms with Crippen molar-refractivity contribution in [3.05, 3.63) is 109 Å². The van der Waals surface area contributed by atoms with E-state index in [-0.39, 0.29) is 69.5 Å². The number of oxazole rings is 1. The second kappa shape index (κ2) is 33.2. The lowest BCUT2D eigenvalue weighted by molar-refractivity contribution is -0.0781. The summed E-state index contributed by atoms with van der Waals surface area (Å²) in [5, 5.41) is -0.0853. The maximum absolute atomic E-state index is 7.86. The van der Waals surface area contributed by atoms with E-state index in [2.05, 4.69) is 255 Å². The van der Waals surface area contributed by atoms with Crippen LogP contribution in [-0.2, 0) is 44.3 Å². The Labute approximate surface area is 551 Å². The van der Waals surface area contributed by atoms with Crippen LogP contribution in [0.2, 0.25) is 112 Å². The van der Waals surface area contributed by atoms with Gasteiger partial charge in [0, 0.05) is 48.3 Å². The number of rotatable bonds is 37. The van der Waals surface area contributed by atoms with Crippen LogP contribution < -0.4 is 4.74 Å². The van der Waals surface area contributed by atoms with E-state index in [9.17, 15) is 0 Å². The third kappa shape index (κ3) is 24.3. The van der Waals surface area contributed by atoms with Gasteiger partial charge in [0.05, 0.1) is 50.3 Å². The number of ether oxygens (including phenoxy) is 2. The molecule has 89 heavy (non-hydrogen) atoms. The number of benzene rings is 3. The zero-order valence-corrected chi connectivity index (χ0v) is 67.6. The molecular weight excluding hydrogens is 1200 g/mol. The van der Waals surface area contributed by atoms with Gasteiger partial charge in [0.15, 0.2) is 61.6 Å². The first kappa shape index (κ1) is 78.9. The van der Waals surface area contributed by atoms with Gasteiger partial charge < -0.3 is 40.4 Å². The molecule has 0 amide bonds. The first-order chi connectivity index (χ1) is 41.0. The minimum atomic E-state index is -2.39. The Morgan fingerprint density at radius 3 is 1.54 bits per heavy atom.